The standard InChI is InChI=1S/C12H16Br2N2O3/c1-7(2)4-9(12(17)19-3)15-11-6-8(13)5-10(14)16(11)18/h5-7,9,15H,4H2,1-3H3. The molecule has 1 heterocycles. The topological polar surface area (TPSA) is 65.3 Å². The van der Waals surface area contributed by atoms with Crippen LogP contribution in [0.5, 0.6) is 0 Å². The fraction of sp³-hybridized carbons (Fsp3) is 0.500. The van der Waals surface area contributed by atoms with Gasteiger partial charge in [0, 0.05) is 23.0 Å². The normalized spacial score (nSPS) is 12.3. The largest absolute Gasteiger partial charge is 0.710 e. The van der Waals surface area contributed by atoms with Gasteiger partial charge in [0.05, 0.1) is 7.11 Å². The highest BCUT2D eigenvalue weighted by molar-refractivity contribution is 9.11. The maximum Gasteiger partial charge on any atom is 0.350 e. The summed E-state index contributed by atoms with van der Waals surface area (Å²) in [5.41, 5.74) is 0. The van der Waals surface area contributed by atoms with Gasteiger partial charge in [-0.3, -0.25) is 5.32 Å². The minimum Gasteiger partial charge on any atom is -0.710 e. The molecule has 0 saturated heterocycles. The number of aromatic nitrogens is 1. The van der Waals surface area contributed by atoms with E-state index in [-0.39, 0.29) is 11.8 Å². The Morgan fingerprint density at radius 3 is 2.63 bits per heavy atom. The Bertz CT molecular complexity index is 467. The van der Waals surface area contributed by atoms with Crippen molar-refractivity contribution in [3.8, 4) is 0 Å². The smallest absolute Gasteiger partial charge is 0.350 e. The molecule has 19 heavy (non-hydrogen) atoms. The van der Waals surface area contributed by atoms with E-state index in [1.807, 2.05) is 13.8 Å². The number of hydrogen-bond acceptors (Lipinski definition) is 4. The minimum atomic E-state index is -0.550. The Kier molecular flexibility index (Phi) is 6.06. The van der Waals surface area contributed by atoms with Crippen LogP contribution in [0.3, 0.4) is 0 Å². The number of carbonyl (C=O) groups excluding carboxylic acids is 1. The van der Waals surface area contributed by atoms with Gasteiger partial charge in [0.25, 0.3) is 5.82 Å². The van der Waals surface area contributed by atoms with Gasteiger partial charge in [0.2, 0.25) is 0 Å². The highest BCUT2D eigenvalue weighted by Gasteiger charge is 2.26. The van der Waals surface area contributed by atoms with Crippen LogP contribution in [0.15, 0.2) is 21.2 Å². The molecular formula is C12H16Br2N2O3. The van der Waals surface area contributed by atoms with E-state index in [4.69, 9.17) is 4.74 Å². The number of ether oxygens (including phenoxy) is 1. The van der Waals surface area contributed by atoms with Crippen LogP contribution >= 0.6 is 31.9 Å². The third-order valence-corrected chi connectivity index (χ3v) is 3.47. The monoisotopic (exact) mass is 394 g/mol. The Morgan fingerprint density at radius 2 is 2.11 bits per heavy atom. The molecule has 106 valence electrons. The number of nitrogens with one attached hydrogen (secondary N) is 1. The quantitative estimate of drug-likeness (QED) is 0.360. The van der Waals surface area contributed by atoms with Crippen LogP contribution < -0.4 is 10.0 Å². The number of anilines is 1. The highest BCUT2D eigenvalue weighted by atomic mass is 79.9. The van der Waals surface area contributed by atoms with E-state index < -0.39 is 6.04 Å². The van der Waals surface area contributed by atoms with Crippen molar-refractivity contribution in [2.45, 2.75) is 26.3 Å². The Labute approximate surface area is 129 Å². The Hall–Kier alpha value is -0.820. The lowest BCUT2D eigenvalue weighted by molar-refractivity contribution is -0.602. The van der Waals surface area contributed by atoms with Gasteiger partial charge < -0.3 is 9.94 Å². The summed E-state index contributed by atoms with van der Waals surface area (Å²) in [6.45, 7) is 4.00. The van der Waals surface area contributed by atoms with Crippen molar-refractivity contribution < 1.29 is 14.3 Å². The maximum absolute atomic E-state index is 11.9. The molecular weight excluding hydrogens is 380 g/mol. The van der Waals surface area contributed by atoms with Crippen molar-refractivity contribution in [1.29, 1.82) is 0 Å². The number of halogens is 2. The van der Waals surface area contributed by atoms with Crippen LogP contribution in [-0.2, 0) is 9.53 Å². The maximum atomic E-state index is 11.9. The van der Waals surface area contributed by atoms with E-state index >= 15 is 0 Å². The molecule has 1 aromatic rings. The summed E-state index contributed by atoms with van der Waals surface area (Å²) < 4.78 is 6.53. The van der Waals surface area contributed by atoms with Crippen molar-refractivity contribution in [1.82, 2.24) is 0 Å². The molecule has 7 heteroatoms. The molecule has 0 radical (unpaired) electrons. The van der Waals surface area contributed by atoms with Gasteiger partial charge in [-0.05, 0) is 21.8 Å². The molecule has 5 nitrogen and oxygen atoms in total. The van der Waals surface area contributed by atoms with E-state index in [2.05, 4.69) is 37.2 Å². The summed E-state index contributed by atoms with van der Waals surface area (Å²) in [4.78, 5) is 11.7. The molecule has 0 bridgehead atoms. The summed E-state index contributed by atoms with van der Waals surface area (Å²) in [7, 11) is 1.33. The number of rotatable bonds is 5. The first-order valence-electron chi connectivity index (χ1n) is 5.78. The van der Waals surface area contributed by atoms with E-state index in [0.717, 1.165) is 4.47 Å². The van der Waals surface area contributed by atoms with Gasteiger partial charge in [-0.1, -0.05) is 29.8 Å². The van der Waals surface area contributed by atoms with E-state index in [1.165, 1.54) is 7.11 Å². The zero-order chi connectivity index (χ0) is 14.6. The molecule has 0 aliphatic carbocycles. The fourth-order valence-corrected chi connectivity index (χ4v) is 2.80. The van der Waals surface area contributed by atoms with Crippen LogP contribution in [0.2, 0.25) is 0 Å². The summed E-state index contributed by atoms with van der Waals surface area (Å²) in [5.74, 6) is 0.203. The molecule has 0 aliphatic heterocycles. The molecule has 0 amide bonds. The lowest BCUT2D eigenvalue weighted by Gasteiger charge is -2.17. The predicted octanol–water partition coefficient (Wildman–Crippen LogP) is 2.84. The summed E-state index contributed by atoms with van der Waals surface area (Å²) in [6.07, 6.45) is 0.580. The van der Waals surface area contributed by atoms with Crippen LogP contribution in [0.4, 0.5) is 5.82 Å². The first-order valence-corrected chi connectivity index (χ1v) is 7.36. The predicted molar refractivity (Wildman–Crippen MR) is 79.7 cm³/mol. The summed E-state index contributed by atoms with van der Waals surface area (Å²) in [5, 5.41) is 14.8. The molecule has 0 spiro atoms. The van der Waals surface area contributed by atoms with Gasteiger partial charge >= 0.3 is 5.97 Å². The summed E-state index contributed by atoms with van der Waals surface area (Å²) in [6, 6.07) is 2.70. The van der Waals surface area contributed by atoms with E-state index in [0.29, 0.717) is 21.7 Å². The van der Waals surface area contributed by atoms with Crippen molar-refractivity contribution in [3.05, 3.63) is 26.4 Å². The second-order valence-corrected chi connectivity index (χ2v) is 6.25. The average molecular weight is 396 g/mol. The number of methoxy groups -OCH3 is 1. The van der Waals surface area contributed by atoms with Gasteiger partial charge in [0.1, 0.15) is 0 Å². The first kappa shape index (κ1) is 16.2. The Balaban J connectivity index is 2.99. The van der Waals surface area contributed by atoms with Crippen LogP contribution in [0, 0.1) is 11.1 Å². The van der Waals surface area contributed by atoms with Crippen molar-refractivity contribution >= 4 is 43.6 Å². The molecule has 1 atom stereocenters. The molecule has 1 N–H and O–H groups in total. The number of nitrogens with zero attached hydrogens (tertiary/aromatic N) is 1. The van der Waals surface area contributed by atoms with Crippen LogP contribution in [0.1, 0.15) is 20.3 Å². The summed E-state index contributed by atoms with van der Waals surface area (Å²) >= 11 is 6.46. The van der Waals surface area contributed by atoms with Crippen molar-refractivity contribution in [2.75, 3.05) is 12.4 Å². The molecule has 1 aromatic heterocycles. The van der Waals surface area contributed by atoms with Gasteiger partial charge in [-0.2, -0.15) is 0 Å². The number of carbonyl (C=O) groups is 1. The molecule has 0 fully saturated rings. The third kappa shape index (κ3) is 4.65. The average Bonchev–Trinajstić information content (AvgIpc) is 2.32. The molecule has 1 unspecified atom stereocenters. The lowest BCUT2D eigenvalue weighted by atomic mass is 10.0. The molecule has 1 rings (SSSR count). The van der Waals surface area contributed by atoms with Crippen molar-refractivity contribution in [3.63, 3.8) is 0 Å². The van der Waals surface area contributed by atoms with Crippen molar-refractivity contribution in [2.24, 2.45) is 5.92 Å². The molecule has 0 saturated carbocycles. The second-order valence-electron chi connectivity index (χ2n) is 4.53. The highest BCUT2D eigenvalue weighted by Crippen LogP contribution is 2.19. The first-order chi connectivity index (χ1) is 8.85. The molecule has 0 aliphatic rings. The zero-order valence-corrected chi connectivity index (χ0v) is 14.1. The number of pyridine rings is 1. The van der Waals surface area contributed by atoms with E-state index in [1.54, 1.807) is 12.1 Å². The second kappa shape index (κ2) is 7.09. The lowest BCUT2D eigenvalue weighted by Crippen LogP contribution is -2.39. The Morgan fingerprint density at radius 1 is 1.47 bits per heavy atom. The molecule has 0 aromatic carbocycles. The number of esters is 1. The minimum absolute atomic E-state index is 0.289. The third-order valence-electron chi connectivity index (χ3n) is 2.46. The zero-order valence-electron chi connectivity index (χ0n) is 10.9. The van der Waals surface area contributed by atoms with Gasteiger partial charge in [-0.25, -0.2) is 9.52 Å². The van der Waals surface area contributed by atoms with Crippen LogP contribution in [-0.4, -0.2) is 19.1 Å². The fourth-order valence-electron chi connectivity index (χ4n) is 1.62. The van der Waals surface area contributed by atoms with E-state index in [9.17, 15) is 10.0 Å². The SMILES string of the molecule is COC(=O)C(CC(C)C)Nc1cc(Br)cc(Br)[n+]1[O-]. The van der Waals surface area contributed by atoms with Crippen LogP contribution in [0.25, 0.3) is 0 Å². The number of hydrogen-bond donors (Lipinski definition) is 1. The van der Waals surface area contributed by atoms with Gasteiger partial charge in [0.15, 0.2) is 10.6 Å². The van der Waals surface area contributed by atoms with Gasteiger partial charge in [-0.15, -0.1) is 0 Å².